The quantitative estimate of drug-likeness (QED) is 0.235. The molecule has 240 valence electrons. The van der Waals surface area contributed by atoms with Gasteiger partial charge in [-0.2, -0.15) is 0 Å². The van der Waals surface area contributed by atoms with Crippen molar-refractivity contribution in [1.29, 1.82) is 0 Å². The third-order valence-electron chi connectivity index (χ3n) is 9.45. The molecule has 1 aromatic heterocycles. The number of aryl methyl sites for hydroxylation is 1. The molecular formula is C32H41BrN6O5Si. The summed E-state index contributed by atoms with van der Waals surface area (Å²) in [5.74, 6) is -0.484. The highest BCUT2D eigenvalue weighted by Gasteiger charge is 2.66. The van der Waals surface area contributed by atoms with E-state index in [1.165, 1.54) is 0 Å². The third-order valence-corrected chi connectivity index (χ3v) is 12.5. The van der Waals surface area contributed by atoms with Crippen LogP contribution in [0, 0.1) is 5.92 Å². The second kappa shape index (κ2) is 12.7. The fourth-order valence-electron chi connectivity index (χ4n) is 7.48. The van der Waals surface area contributed by atoms with Crippen molar-refractivity contribution >= 4 is 47.4 Å². The van der Waals surface area contributed by atoms with Crippen LogP contribution in [-0.4, -0.2) is 70.3 Å². The number of nitrogens with one attached hydrogen (secondary N) is 2. The lowest BCUT2D eigenvalue weighted by Gasteiger charge is -2.32. The number of nitrogens with zero attached hydrogens (tertiary/aromatic N) is 4. The Kier molecular flexibility index (Phi) is 9.03. The van der Waals surface area contributed by atoms with Gasteiger partial charge in [0.2, 0.25) is 5.91 Å². The first-order valence-electron chi connectivity index (χ1n) is 15.7. The number of rotatable bonds is 10. The molecule has 11 nitrogen and oxygen atoms in total. The van der Waals surface area contributed by atoms with Crippen LogP contribution >= 0.6 is 15.9 Å². The summed E-state index contributed by atoms with van der Waals surface area (Å²) >= 11 is 3.62. The lowest BCUT2D eigenvalue weighted by Crippen LogP contribution is -2.46. The molecule has 0 aliphatic carbocycles. The molecule has 0 saturated carbocycles. The van der Waals surface area contributed by atoms with Crippen molar-refractivity contribution in [2.45, 2.75) is 82.1 Å². The molecular weight excluding hydrogens is 656 g/mol. The Labute approximate surface area is 272 Å². The fraction of sp³-hybridized carbons (Fsp3) is 0.500. The van der Waals surface area contributed by atoms with E-state index in [4.69, 9.17) is 4.74 Å². The molecule has 45 heavy (non-hydrogen) atoms. The number of ether oxygens (including phenoxy) is 1. The van der Waals surface area contributed by atoms with Crippen molar-refractivity contribution in [2.75, 3.05) is 23.4 Å². The molecule has 0 radical (unpaired) electrons. The summed E-state index contributed by atoms with van der Waals surface area (Å²) in [5, 5.41) is 23.8. The lowest BCUT2D eigenvalue weighted by atomic mass is 9.82. The summed E-state index contributed by atoms with van der Waals surface area (Å²) in [4.78, 5) is 40.8. The fourth-order valence-corrected chi connectivity index (χ4v) is 10.4. The number of benzene rings is 2. The molecule has 6 rings (SSSR count). The highest BCUT2D eigenvalue weighted by molar-refractivity contribution is 9.10. The Morgan fingerprint density at radius 3 is 2.82 bits per heavy atom. The van der Waals surface area contributed by atoms with Gasteiger partial charge in [0.05, 0.1) is 30.1 Å². The van der Waals surface area contributed by atoms with Gasteiger partial charge in [0.25, 0.3) is 5.91 Å². The van der Waals surface area contributed by atoms with Crippen LogP contribution in [0.1, 0.15) is 43.0 Å². The summed E-state index contributed by atoms with van der Waals surface area (Å²) in [6, 6.07) is 13.3. The zero-order chi connectivity index (χ0) is 31.9. The summed E-state index contributed by atoms with van der Waals surface area (Å²) in [5.41, 5.74) is 2.39. The Morgan fingerprint density at radius 2 is 2.09 bits per heavy atom. The van der Waals surface area contributed by atoms with Gasteiger partial charge in [0.1, 0.15) is 0 Å². The van der Waals surface area contributed by atoms with Gasteiger partial charge < -0.3 is 30.2 Å². The van der Waals surface area contributed by atoms with Crippen LogP contribution in [0.4, 0.5) is 11.4 Å². The predicted octanol–water partition coefficient (Wildman–Crippen LogP) is 3.70. The van der Waals surface area contributed by atoms with E-state index in [-0.39, 0.29) is 42.0 Å². The molecule has 3 aliphatic heterocycles. The topological polar surface area (TPSA) is 142 Å². The van der Waals surface area contributed by atoms with Crippen molar-refractivity contribution in [3.63, 3.8) is 0 Å². The molecule has 0 bridgehead atoms. The van der Waals surface area contributed by atoms with Crippen molar-refractivity contribution in [1.82, 2.24) is 20.3 Å². The number of hydrogen-bond acceptors (Lipinski definition) is 8. The third kappa shape index (κ3) is 6.13. The maximum absolute atomic E-state index is 14.7. The summed E-state index contributed by atoms with van der Waals surface area (Å²) in [7, 11) is -2.82. The number of carbonyl (C=O) groups excluding carboxylic acids is 2. The number of amides is 2. The highest BCUT2D eigenvalue weighted by Crippen LogP contribution is 2.60. The Hall–Kier alpha value is -2.94. The van der Waals surface area contributed by atoms with E-state index < -0.39 is 13.9 Å². The molecule has 4 N–H and O–H groups in total. The monoisotopic (exact) mass is 696 g/mol. The van der Waals surface area contributed by atoms with E-state index >= 15 is 0 Å². The molecule has 2 saturated heterocycles. The van der Waals surface area contributed by atoms with Crippen molar-refractivity contribution in [2.24, 2.45) is 5.92 Å². The number of aliphatic hydroxyl groups excluding tert-OH is 1. The van der Waals surface area contributed by atoms with Gasteiger partial charge in [0.15, 0.2) is 13.9 Å². The first-order valence-corrected chi connectivity index (χ1v) is 19.5. The molecule has 0 unspecified atom stereocenters. The second-order valence-corrected chi connectivity index (χ2v) is 17.9. The molecule has 5 atom stereocenters. The number of anilines is 2. The number of fused-ring (bicyclic) bond motifs is 2. The molecule has 13 heteroatoms. The SMILES string of the molecule is C[C@H]1[C@H]([Si](C)(C)O)[C@@H](CCn2cc(CCO)nn2)O[C@]12C(=O)N(Cc1cccc(NC(=O)[C@H]3CCCN3)c1)c1ccc(Br)cc12. The maximum Gasteiger partial charge on any atom is 0.264 e. The maximum atomic E-state index is 14.7. The Morgan fingerprint density at radius 1 is 1.27 bits per heavy atom. The summed E-state index contributed by atoms with van der Waals surface area (Å²) in [6.45, 7) is 7.52. The van der Waals surface area contributed by atoms with Gasteiger partial charge in [-0.3, -0.25) is 14.3 Å². The first kappa shape index (κ1) is 32.0. The Bertz CT molecular complexity index is 1570. The first-order chi connectivity index (χ1) is 21.5. The van der Waals surface area contributed by atoms with Gasteiger partial charge in [0, 0.05) is 53.0 Å². The van der Waals surface area contributed by atoms with Crippen molar-refractivity contribution in [3.05, 3.63) is 70.0 Å². The smallest absolute Gasteiger partial charge is 0.264 e. The summed E-state index contributed by atoms with van der Waals surface area (Å²) in [6.07, 6.45) is 4.22. The van der Waals surface area contributed by atoms with Gasteiger partial charge in [-0.25, -0.2) is 0 Å². The lowest BCUT2D eigenvalue weighted by molar-refractivity contribution is -0.146. The molecule has 3 aromatic rings. The van der Waals surface area contributed by atoms with Crippen molar-refractivity contribution in [3.8, 4) is 0 Å². The van der Waals surface area contributed by atoms with Crippen LogP contribution < -0.4 is 15.5 Å². The second-order valence-electron chi connectivity index (χ2n) is 13.0. The van der Waals surface area contributed by atoms with Gasteiger partial charge in [-0.15, -0.1) is 5.10 Å². The van der Waals surface area contributed by atoms with Crippen LogP contribution in [-0.2, 0) is 39.4 Å². The van der Waals surface area contributed by atoms with E-state index in [2.05, 4.69) is 36.9 Å². The molecule has 4 heterocycles. The van der Waals surface area contributed by atoms with Crippen LogP contribution in [0.3, 0.4) is 0 Å². The minimum absolute atomic E-state index is 0.00129. The number of carbonyl (C=O) groups is 2. The molecule has 1 spiro atoms. The number of halogens is 1. The Balaban J connectivity index is 1.28. The number of aliphatic hydroxyl groups is 1. The van der Waals surface area contributed by atoms with Crippen LogP contribution in [0.25, 0.3) is 0 Å². The summed E-state index contributed by atoms with van der Waals surface area (Å²) < 4.78 is 9.50. The minimum atomic E-state index is -2.82. The van der Waals surface area contributed by atoms with Gasteiger partial charge in [-0.05, 0) is 74.8 Å². The largest absolute Gasteiger partial charge is 0.432 e. The van der Waals surface area contributed by atoms with Crippen LogP contribution in [0.5, 0.6) is 0 Å². The average Bonchev–Trinajstić information content (AvgIpc) is 3.77. The minimum Gasteiger partial charge on any atom is -0.432 e. The normalized spacial score (nSPS) is 26.2. The van der Waals surface area contributed by atoms with Gasteiger partial charge in [-0.1, -0.05) is 40.2 Å². The number of aromatic nitrogens is 3. The van der Waals surface area contributed by atoms with Crippen molar-refractivity contribution < 1.29 is 24.2 Å². The van der Waals surface area contributed by atoms with E-state index in [9.17, 15) is 19.5 Å². The van der Waals surface area contributed by atoms with Crippen LogP contribution in [0.2, 0.25) is 18.6 Å². The highest BCUT2D eigenvalue weighted by atomic mass is 79.9. The molecule has 2 amide bonds. The number of hydrogen-bond donors (Lipinski definition) is 4. The van der Waals surface area contributed by atoms with E-state index in [0.29, 0.717) is 37.3 Å². The predicted molar refractivity (Wildman–Crippen MR) is 176 cm³/mol. The molecule has 2 fully saturated rings. The molecule has 3 aliphatic rings. The standard InChI is InChI=1S/C32H41BrN6O5Si/c1-20-29(45(2,3)43)28(11-14-38-19-24(12-15-40)36-37-38)44-32(20)25-17-22(33)9-10-27(25)39(31(32)42)18-21-6-4-7-23(16-21)35-30(41)26-8-5-13-34-26/h4,6-7,9-10,16-17,19-20,26,28-29,34,40,43H,5,8,11-15,18H2,1-3H3,(H,35,41)/t20-,26+,28+,29-,32+/m0/s1. The average molecular weight is 698 g/mol. The zero-order valence-corrected chi connectivity index (χ0v) is 28.5. The van der Waals surface area contributed by atoms with E-state index in [1.54, 1.807) is 9.58 Å². The zero-order valence-electron chi connectivity index (χ0n) is 25.9. The van der Waals surface area contributed by atoms with E-state index in [0.717, 1.165) is 40.7 Å². The van der Waals surface area contributed by atoms with E-state index in [1.807, 2.05) is 68.7 Å². The van der Waals surface area contributed by atoms with Crippen LogP contribution in [0.15, 0.2) is 53.1 Å². The molecule has 2 aromatic carbocycles. The van der Waals surface area contributed by atoms with Gasteiger partial charge >= 0.3 is 0 Å².